The van der Waals surface area contributed by atoms with E-state index < -0.39 is 0 Å². The molecule has 0 unspecified atom stereocenters. The molecule has 2 nitrogen and oxygen atoms in total. The molecule has 0 radical (unpaired) electrons. The summed E-state index contributed by atoms with van der Waals surface area (Å²) in [6.07, 6.45) is 2.47. The number of fused-ring (bicyclic) bond motifs is 10. The fraction of sp³-hybridized carbons (Fsp3) is 0.136. The highest BCUT2D eigenvalue weighted by Crippen LogP contribution is 2.48. The summed E-state index contributed by atoms with van der Waals surface area (Å²) in [5, 5.41) is 2.33. The van der Waals surface area contributed by atoms with Crippen LogP contribution in [0.1, 0.15) is 33.5 Å². The largest absolute Gasteiger partial charge is 0.354 e. The minimum atomic E-state index is 0.298. The average molecular weight is 309 g/mol. The van der Waals surface area contributed by atoms with E-state index in [1.165, 1.54) is 33.2 Å². The zero-order chi connectivity index (χ0) is 15.8. The van der Waals surface area contributed by atoms with Crippen LogP contribution in [0.2, 0.25) is 0 Å². The maximum atomic E-state index is 12.7. The molecule has 2 aliphatic carbocycles. The van der Waals surface area contributed by atoms with Crippen LogP contribution in [0.4, 0.5) is 0 Å². The highest BCUT2D eigenvalue weighted by molar-refractivity contribution is 6.23. The molecule has 0 atom stereocenters. The van der Waals surface area contributed by atoms with E-state index in [-0.39, 0.29) is 0 Å². The fourth-order valence-corrected chi connectivity index (χ4v) is 4.74. The molecular weight excluding hydrogens is 294 g/mol. The molecule has 1 heterocycles. The van der Waals surface area contributed by atoms with E-state index in [1.807, 2.05) is 0 Å². The second kappa shape index (κ2) is 4.15. The molecule has 4 aromatic rings. The number of nitrogens with one attached hydrogen (secondary N) is 1. The van der Waals surface area contributed by atoms with Gasteiger partial charge in [0.1, 0.15) is 0 Å². The van der Waals surface area contributed by atoms with Crippen LogP contribution in [-0.2, 0) is 12.8 Å². The summed E-state index contributed by atoms with van der Waals surface area (Å²) in [5.74, 6) is 0.298. The number of hydrogen-bond donors (Lipinski definition) is 1. The van der Waals surface area contributed by atoms with E-state index in [0.717, 1.165) is 34.8 Å². The maximum absolute atomic E-state index is 12.7. The van der Waals surface area contributed by atoms with Crippen LogP contribution in [0.15, 0.2) is 48.5 Å². The van der Waals surface area contributed by atoms with Crippen LogP contribution in [0.3, 0.4) is 0 Å². The molecule has 2 heteroatoms. The molecule has 0 saturated heterocycles. The molecule has 0 spiro atoms. The van der Waals surface area contributed by atoms with Crippen molar-refractivity contribution in [2.24, 2.45) is 0 Å². The SMILES string of the molecule is O=C1CCc2c3c(c4[nH]c5ccccc5c4c21)Cc1ccccc1-3. The molecule has 0 saturated carbocycles. The Kier molecular flexibility index (Phi) is 2.17. The first-order valence-electron chi connectivity index (χ1n) is 8.52. The predicted octanol–water partition coefficient (Wildman–Crippen LogP) is 5.02. The molecule has 0 amide bonds. The minimum Gasteiger partial charge on any atom is -0.354 e. The number of carbonyl (C=O) groups is 1. The molecule has 0 bridgehead atoms. The van der Waals surface area contributed by atoms with E-state index >= 15 is 0 Å². The number of Topliss-reactive ketones (excluding diaryl/α,β-unsaturated/α-hetero) is 1. The molecule has 1 N–H and O–H groups in total. The third-order valence-corrected chi connectivity index (χ3v) is 5.70. The van der Waals surface area contributed by atoms with Gasteiger partial charge in [-0.2, -0.15) is 0 Å². The number of benzene rings is 3. The van der Waals surface area contributed by atoms with Crippen molar-refractivity contribution >= 4 is 27.6 Å². The van der Waals surface area contributed by atoms with Crippen LogP contribution >= 0.6 is 0 Å². The lowest BCUT2D eigenvalue weighted by Crippen LogP contribution is -1.96. The normalized spacial score (nSPS) is 15.1. The fourth-order valence-electron chi connectivity index (χ4n) is 4.74. The standard InChI is InChI=1S/C22H15NO/c24-18-10-9-15-19-13-6-2-1-5-12(13)11-16(19)22-21(20(15)18)14-7-3-4-8-17(14)23-22/h1-8,23H,9-11H2. The summed E-state index contributed by atoms with van der Waals surface area (Å²) in [6, 6.07) is 17.0. The van der Waals surface area contributed by atoms with Gasteiger partial charge in [-0.3, -0.25) is 4.79 Å². The van der Waals surface area contributed by atoms with Gasteiger partial charge in [0.05, 0.1) is 5.52 Å². The van der Waals surface area contributed by atoms with Gasteiger partial charge < -0.3 is 4.98 Å². The summed E-state index contributed by atoms with van der Waals surface area (Å²) in [6.45, 7) is 0. The van der Waals surface area contributed by atoms with Gasteiger partial charge in [0.25, 0.3) is 0 Å². The first-order valence-corrected chi connectivity index (χ1v) is 8.52. The van der Waals surface area contributed by atoms with Crippen molar-refractivity contribution in [2.75, 3.05) is 0 Å². The van der Waals surface area contributed by atoms with E-state index in [1.54, 1.807) is 0 Å². The van der Waals surface area contributed by atoms with Crippen LogP contribution < -0.4 is 0 Å². The summed E-state index contributed by atoms with van der Waals surface area (Å²) in [4.78, 5) is 16.3. The lowest BCUT2D eigenvalue weighted by molar-refractivity contribution is 0.0996. The number of ketones is 1. The Morgan fingerprint density at radius 2 is 1.67 bits per heavy atom. The molecule has 6 rings (SSSR count). The maximum Gasteiger partial charge on any atom is 0.164 e. The minimum absolute atomic E-state index is 0.298. The van der Waals surface area contributed by atoms with Crippen molar-refractivity contribution < 1.29 is 4.79 Å². The smallest absolute Gasteiger partial charge is 0.164 e. The zero-order valence-corrected chi connectivity index (χ0v) is 13.1. The van der Waals surface area contributed by atoms with Gasteiger partial charge in [-0.25, -0.2) is 0 Å². The van der Waals surface area contributed by atoms with E-state index in [4.69, 9.17) is 0 Å². The third-order valence-electron chi connectivity index (χ3n) is 5.70. The van der Waals surface area contributed by atoms with Gasteiger partial charge in [0.15, 0.2) is 5.78 Å². The summed E-state index contributed by atoms with van der Waals surface area (Å²) < 4.78 is 0. The Bertz CT molecular complexity index is 1200. The number of aromatic amines is 1. The summed E-state index contributed by atoms with van der Waals surface area (Å²) in [7, 11) is 0. The first-order chi connectivity index (χ1) is 11.8. The lowest BCUT2D eigenvalue weighted by atomic mass is 9.92. The summed E-state index contributed by atoms with van der Waals surface area (Å²) >= 11 is 0. The Morgan fingerprint density at radius 1 is 0.833 bits per heavy atom. The molecule has 0 aliphatic heterocycles. The molecule has 1 aromatic heterocycles. The number of carbonyl (C=O) groups excluding carboxylic acids is 1. The monoisotopic (exact) mass is 309 g/mol. The van der Waals surface area contributed by atoms with Crippen molar-refractivity contribution in [1.29, 1.82) is 0 Å². The number of aromatic nitrogens is 1. The number of hydrogen-bond acceptors (Lipinski definition) is 1. The van der Waals surface area contributed by atoms with Gasteiger partial charge in [-0.05, 0) is 40.3 Å². The van der Waals surface area contributed by atoms with E-state index in [9.17, 15) is 4.79 Å². The Labute approximate surface area is 139 Å². The van der Waals surface area contributed by atoms with Gasteiger partial charge in [-0.1, -0.05) is 42.5 Å². The van der Waals surface area contributed by atoms with Crippen LogP contribution in [-0.4, -0.2) is 10.8 Å². The molecular formula is C22H15NO. The molecule has 0 fully saturated rings. The van der Waals surface area contributed by atoms with Crippen molar-refractivity contribution in [3.8, 4) is 11.1 Å². The Balaban J connectivity index is 1.89. The van der Waals surface area contributed by atoms with Gasteiger partial charge >= 0.3 is 0 Å². The first kappa shape index (κ1) is 12.5. The van der Waals surface area contributed by atoms with Crippen molar-refractivity contribution in [3.63, 3.8) is 0 Å². The average Bonchev–Trinajstić information content (AvgIpc) is 3.27. The van der Waals surface area contributed by atoms with Crippen LogP contribution in [0.25, 0.3) is 32.9 Å². The van der Waals surface area contributed by atoms with Crippen molar-refractivity contribution in [3.05, 3.63) is 70.8 Å². The van der Waals surface area contributed by atoms with E-state index in [0.29, 0.717) is 12.2 Å². The third kappa shape index (κ3) is 1.35. The second-order valence-corrected chi connectivity index (χ2v) is 6.88. The molecule has 2 aliphatic rings. The zero-order valence-electron chi connectivity index (χ0n) is 13.1. The quantitative estimate of drug-likeness (QED) is 0.428. The Hall–Kier alpha value is -2.87. The Morgan fingerprint density at radius 3 is 2.62 bits per heavy atom. The highest BCUT2D eigenvalue weighted by Gasteiger charge is 2.33. The predicted molar refractivity (Wildman–Crippen MR) is 96.7 cm³/mol. The van der Waals surface area contributed by atoms with Gasteiger partial charge in [0, 0.05) is 34.7 Å². The highest BCUT2D eigenvalue weighted by atomic mass is 16.1. The van der Waals surface area contributed by atoms with Crippen LogP contribution in [0.5, 0.6) is 0 Å². The second-order valence-electron chi connectivity index (χ2n) is 6.88. The number of H-pyrrole nitrogens is 1. The van der Waals surface area contributed by atoms with Crippen molar-refractivity contribution in [2.45, 2.75) is 19.3 Å². The molecule has 3 aromatic carbocycles. The number of para-hydroxylation sites is 1. The molecule has 24 heavy (non-hydrogen) atoms. The summed E-state index contributed by atoms with van der Waals surface area (Å²) in [5.41, 5.74) is 9.92. The van der Waals surface area contributed by atoms with Crippen LogP contribution in [0, 0.1) is 0 Å². The lowest BCUT2D eigenvalue weighted by Gasteiger charge is -2.10. The van der Waals surface area contributed by atoms with E-state index in [2.05, 4.69) is 53.5 Å². The van der Waals surface area contributed by atoms with Gasteiger partial charge in [0.2, 0.25) is 0 Å². The van der Waals surface area contributed by atoms with Gasteiger partial charge in [-0.15, -0.1) is 0 Å². The number of rotatable bonds is 0. The molecule has 114 valence electrons. The topological polar surface area (TPSA) is 32.9 Å². The van der Waals surface area contributed by atoms with Crippen molar-refractivity contribution in [1.82, 2.24) is 4.98 Å².